The van der Waals surface area contributed by atoms with Crippen LogP contribution in [0.15, 0.2) is 83.8 Å². The Kier molecular flexibility index (Phi) is 7.79. The number of benzene rings is 3. The van der Waals surface area contributed by atoms with E-state index in [1.54, 1.807) is 43.3 Å². The summed E-state index contributed by atoms with van der Waals surface area (Å²) in [6, 6.07) is 23.2. The highest BCUT2D eigenvalue weighted by molar-refractivity contribution is 7.92. The van der Waals surface area contributed by atoms with Gasteiger partial charge in [0.05, 0.1) is 10.6 Å². The molecule has 1 heterocycles. The van der Waals surface area contributed by atoms with Gasteiger partial charge in [0.2, 0.25) is 5.91 Å². The molecule has 1 N–H and O–H groups in total. The van der Waals surface area contributed by atoms with E-state index in [1.165, 1.54) is 12.1 Å². The number of aryl methyl sites for hydroxylation is 1. The zero-order valence-electron chi connectivity index (χ0n) is 19.6. The van der Waals surface area contributed by atoms with E-state index in [2.05, 4.69) is 17.4 Å². The molecule has 1 aliphatic heterocycles. The summed E-state index contributed by atoms with van der Waals surface area (Å²) in [5, 5.41) is 3.41. The molecule has 0 spiro atoms. The molecule has 1 amide bonds. The molecule has 0 radical (unpaired) electrons. The average molecular weight is 513 g/mol. The molecule has 1 fully saturated rings. The highest BCUT2D eigenvalue weighted by Crippen LogP contribution is 2.34. The molecule has 0 aromatic heterocycles. The minimum Gasteiger partial charge on any atom is -0.381 e. The van der Waals surface area contributed by atoms with Gasteiger partial charge in [-0.15, -0.1) is 0 Å². The predicted molar refractivity (Wildman–Crippen MR) is 138 cm³/mol. The van der Waals surface area contributed by atoms with Crippen molar-refractivity contribution < 1.29 is 17.9 Å². The molecule has 3 aromatic carbocycles. The maximum Gasteiger partial charge on any atom is 0.264 e. The van der Waals surface area contributed by atoms with Crippen LogP contribution in [0.2, 0.25) is 5.02 Å². The number of carbonyl (C=O) groups excluding carboxylic acids is 1. The van der Waals surface area contributed by atoms with Gasteiger partial charge in [-0.05, 0) is 55.2 Å². The van der Waals surface area contributed by atoms with E-state index in [0.29, 0.717) is 36.0 Å². The minimum absolute atomic E-state index is 0.109. The van der Waals surface area contributed by atoms with E-state index in [9.17, 15) is 13.2 Å². The molecule has 0 bridgehead atoms. The van der Waals surface area contributed by atoms with Crippen molar-refractivity contribution in [3.63, 3.8) is 0 Å². The molecule has 0 saturated carbocycles. The van der Waals surface area contributed by atoms with Gasteiger partial charge in [-0.3, -0.25) is 9.10 Å². The number of hydrogen-bond acceptors (Lipinski definition) is 4. The predicted octanol–water partition coefficient (Wildman–Crippen LogP) is 4.71. The molecule has 0 aliphatic carbocycles. The lowest BCUT2D eigenvalue weighted by atomic mass is 9.74. The topological polar surface area (TPSA) is 75.7 Å². The molecular formula is C27H29ClN2O4S. The smallest absolute Gasteiger partial charge is 0.264 e. The maximum atomic E-state index is 13.6. The quantitative estimate of drug-likeness (QED) is 0.474. The van der Waals surface area contributed by atoms with Gasteiger partial charge in [-0.2, -0.15) is 0 Å². The number of nitrogens with one attached hydrogen (secondary N) is 1. The van der Waals surface area contributed by atoms with Gasteiger partial charge in [-0.1, -0.05) is 66.2 Å². The summed E-state index contributed by atoms with van der Waals surface area (Å²) in [6.45, 7) is 3.05. The molecule has 1 saturated heterocycles. The lowest BCUT2D eigenvalue weighted by Gasteiger charge is -2.38. The zero-order chi connectivity index (χ0) is 24.9. The van der Waals surface area contributed by atoms with Gasteiger partial charge >= 0.3 is 0 Å². The van der Waals surface area contributed by atoms with Gasteiger partial charge in [0.25, 0.3) is 10.0 Å². The Morgan fingerprint density at radius 1 is 1.00 bits per heavy atom. The number of halogens is 1. The largest absolute Gasteiger partial charge is 0.381 e. The first-order valence-electron chi connectivity index (χ1n) is 11.6. The molecule has 8 heteroatoms. The molecular weight excluding hydrogens is 484 g/mol. The Balaban J connectivity index is 1.61. The van der Waals surface area contributed by atoms with E-state index < -0.39 is 10.0 Å². The van der Waals surface area contributed by atoms with Crippen LogP contribution in [0, 0.1) is 6.92 Å². The number of hydrogen-bond donors (Lipinski definition) is 1. The van der Waals surface area contributed by atoms with Crippen molar-refractivity contribution in [3.05, 3.63) is 95.0 Å². The SMILES string of the molecule is Cc1ccc(Cl)cc1N(CC(=O)NCC1(c2ccccc2)CCOCC1)S(=O)(=O)c1ccccc1. The van der Waals surface area contributed by atoms with Crippen molar-refractivity contribution in [1.29, 1.82) is 0 Å². The summed E-state index contributed by atoms with van der Waals surface area (Å²) in [4.78, 5) is 13.3. The fraction of sp³-hybridized carbons (Fsp3) is 0.296. The summed E-state index contributed by atoms with van der Waals surface area (Å²) in [6.07, 6.45) is 1.55. The average Bonchev–Trinajstić information content (AvgIpc) is 2.89. The zero-order valence-corrected chi connectivity index (χ0v) is 21.2. The number of sulfonamides is 1. The van der Waals surface area contributed by atoms with Crippen molar-refractivity contribution in [2.24, 2.45) is 0 Å². The van der Waals surface area contributed by atoms with Crippen LogP contribution in [-0.2, 0) is 25.0 Å². The highest BCUT2D eigenvalue weighted by Gasteiger charge is 2.35. The number of rotatable bonds is 8. The third kappa shape index (κ3) is 5.69. The molecule has 3 aromatic rings. The summed E-state index contributed by atoms with van der Waals surface area (Å²) in [5.41, 5.74) is 1.96. The van der Waals surface area contributed by atoms with Crippen LogP contribution in [0.4, 0.5) is 5.69 Å². The minimum atomic E-state index is -4.01. The summed E-state index contributed by atoms with van der Waals surface area (Å²) >= 11 is 6.21. The van der Waals surface area contributed by atoms with Crippen LogP contribution in [0.3, 0.4) is 0 Å². The second-order valence-corrected chi connectivity index (χ2v) is 11.1. The third-order valence-corrected chi connectivity index (χ3v) is 8.53. The Hall–Kier alpha value is -2.87. The second-order valence-electron chi connectivity index (χ2n) is 8.79. The molecule has 4 rings (SSSR count). The molecule has 0 unspecified atom stereocenters. The maximum absolute atomic E-state index is 13.6. The Bertz CT molecular complexity index is 1260. The second kappa shape index (κ2) is 10.8. The van der Waals surface area contributed by atoms with Gasteiger partial charge in [0.1, 0.15) is 6.54 Å². The number of amides is 1. The van der Waals surface area contributed by atoms with E-state index in [0.717, 1.165) is 22.7 Å². The van der Waals surface area contributed by atoms with Crippen molar-refractivity contribution >= 4 is 33.2 Å². The number of anilines is 1. The van der Waals surface area contributed by atoms with Crippen LogP contribution in [0.25, 0.3) is 0 Å². The fourth-order valence-electron chi connectivity index (χ4n) is 4.45. The summed E-state index contributed by atoms with van der Waals surface area (Å²) < 4.78 is 33.9. The van der Waals surface area contributed by atoms with Crippen molar-refractivity contribution in [2.45, 2.75) is 30.1 Å². The number of ether oxygens (including phenoxy) is 1. The van der Waals surface area contributed by atoms with Gasteiger partial charge in [0, 0.05) is 30.2 Å². The first-order valence-corrected chi connectivity index (χ1v) is 13.4. The third-order valence-electron chi connectivity index (χ3n) is 6.52. The normalized spacial score (nSPS) is 15.4. The van der Waals surface area contributed by atoms with E-state index in [-0.39, 0.29) is 22.8 Å². The van der Waals surface area contributed by atoms with Crippen molar-refractivity contribution in [1.82, 2.24) is 5.32 Å². The van der Waals surface area contributed by atoms with Crippen LogP contribution in [0.5, 0.6) is 0 Å². The highest BCUT2D eigenvalue weighted by atomic mass is 35.5. The molecule has 6 nitrogen and oxygen atoms in total. The fourth-order valence-corrected chi connectivity index (χ4v) is 6.11. The van der Waals surface area contributed by atoms with Gasteiger partial charge in [-0.25, -0.2) is 8.42 Å². The lowest BCUT2D eigenvalue weighted by molar-refractivity contribution is -0.120. The van der Waals surface area contributed by atoms with E-state index in [4.69, 9.17) is 16.3 Å². The van der Waals surface area contributed by atoms with Gasteiger partial charge in [0.15, 0.2) is 0 Å². The van der Waals surface area contributed by atoms with Crippen LogP contribution in [0.1, 0.15) is 24.0 Å². The van der Waals surface area contributed by atoms with Crippen LogP contribution < -0.4 is 9.62 Å². The summed E-state index contributed by atoms with van der Waals surface area (Å²) in [5.74, 6) is -0.384. The Morgan fingerprint density at radius 3 is 2.29 bits per heavy atom. The number of carbonyl (C=O) groups is 1. The molecule has 35 heavy (non-hydrogen) atoms. The van der Waals surface area contributed by atoms with Crippen LogP contribution in [-0.4, -0.2) is 40.6 Å². The molecule has 1 aliphatic rings. The standard InChI is InChI=1S/C27H29ClN2O4S/c1-21-12-13-23(28)18-25(21)30(35(32,33)24-10-6-3-7-11-24)19-26(31)29-20-27(14-16-34-17-15-27)22-8-4-2-5-9-22/h2-13,18H,14-17,19-20H2,1H3,(H,29,31). The lowest BCUT2D eigenvalue weighted by Crippen LogP contribution is -2.48. The van der Waals surface area contributed by atoms with Crippen LogP contribution >= 0.6 is 11.6 Å². The van der Waals surface area contributed by atoms with Crippen molar-refractivity contribution in [2.75, 3.05) is 30.6 Å². The van der Waals surface area contributed by atoms with E-state index >= 15 is 0 Å². The van der Waals surface area contributed by atoms with E-state index in [1.807, 2.05) is 18.2 Å². The van der Waals surface area contributed by atoms with Crippen molar-refractivity contribution in [3.8, 4) is 0 Å². The first kappa shape index (κ1) is 25.2. The Labute approximate surface area is 211 Å². The molecule has 184 valence electrons. The molecule has 0 atom stereocenters. The van der Waals surface area contributed by atoms with Gasteiger partial charge < -0.3 is 10.1 Å². The number of nitrogens with zero attached hydrogens (tertiary/aromatic N) is 1. The summed E-state index contributed by atoms with van der Waals surface area (Å²) in [7, 11) is -4.01. The monoisotopic (exact) mass is 512 g/mol. The first-order chi connectivity index (χ1) is 16.8. The Morgan fingerprint density at radius 2 is 1.63 bits per heavy atom.